The summed E-state index contributed by atoms with van der Waals surface area (Å²) in [5, 5.41) is 10.6. The number of thiazole rings is 1. The molecule has 1 aromatic carbocycles. The second kappa shape index (κ2) is 6.50. The first-order chi connectivity index (χ1) is 10.6. The van der Waals surface area contributed by atoms with Gasteiger partial charge in [0.05, 0.1) is 5.69 Å². The molecule has 0 bridgehead atoms. The number of aromatic nitrogens is 1. The lowest BCUT2D eigenvalue weighted by Crippen LogP contribution is -2.26. The Kier molecular flexibility index (Phi) is 4.45. The van der Waals surface area contributed by atoms with Crippen molar-refractivity contribution in [3.8, 4) is 5.75 Å². The number of rotatable bonds is 3. The van der Waals surface area contributed by atoms with Gasteiger partial charge in [0, 0.05) is 36.5 Å². The smallest absolute Gasteiger partial charge is 0.180 e. The summed E-state index contributed by atoms with van der Waals surface area (Å²) in [5.74, 6) is 0.342. The highest BCUT2D eigenvalue weighted by atomic mass is 32.1. The summed E-state index contributed by atoms with van der Waals surface area (Å²) in [4.78, 5) is 8.15. The molecular weight excluding hydrogens is 294 g/mol. The van der Waals surface area contributed by atoms with E-state index in [-0.39, 0.29) is 0 Å². The number of nitrogen functional groups attached to an aromatic ring is 1. The van der Waals surface area contributed by atoms with Crippen molar-refractivity contribution in [3.63, 3.8) is 0 Å². The number of aromatic hydroxyl groups is 1. The predicted molar refractivity (Wildman–Crippen MR) is 92.3 cm³/mol. The molecule has 3 rings (SSSR count). The van der Waals surface area contributed by atoms with Crippen LogP contribution < -0.4 is 5.73 Å². The van der Waals surface area contributed by atoms with Gasteiger partial charge in [0.15, 0.2) is 5.13 Å². The second-order valence-electron chi connectivity index (χ2n) is 5.69. The molecule has 1 aliphatic rings. The molecule has 0 spiro atoms. The van der Waals surface area contributed by atoms with E-state index in [9.17, 15) is 5.11 Å². The number of fused-ring (bicyclic) bond motifs is 1. The maximum absolute atomic E-state index is 9.91. The average molecular weight is 315 g/mol. The number of anilines is 1. The molecule has 0 aliphatic carbocycles. The van der Waals surface area contributed by atoms with Gasteiger partial charge in [-0.3, -0.25) is 4.90 Å². The zero-order valence-electron chi connectivity index (χ0n) is 12.7. The van der Waals surface area contributed by atoms with Crippen LogP contribution in [0.5, 0.6) is 5.75 Å². The molecule has 22 heavy (non-hydrogen) atoms. The number of hydrogen-bond donors (Lipinski definition) is 2. The molecule has 2 heterocycles. The Morgan fingerprint density at radius 1 is 1.36 bits per heavy atom. The Morgan fingerprint density at radius 2 is 2.18 bits per heavy atom. The van der Waals surface area contributed by atoms with E-state index in [0.717, 1.165) is 43.6 Å². The molecule has 0 unspecified atom stereocenters. The van der Waals surface area contributed by atoms with E-state index in [0.29, 0.717) is 10.9 Å². The summed E-state index contributed by atoms with van der Waals surface area (Å²) in [5.41, 5.74) is 8.88. The SMILES string of the molecule is Cc1ccc(/C=C/CN2CCc3nc(N)sc3CC2)c(O)c1. The number of phenols is 1. The van der Waals surface area contributed by atoms with Crippen LogP contribution in [0.4, 0.5) is 5.13 Å². The van der Waals surface area contributed by atoms with E-state index in [1.165, 1.54) is 10.6 Å². The second-order valence-corrected chi connectivity index (χ2v) is 6.80. The number of phenolic OH excluding ortho intramolecular Hbond substituents is 1. The molecule has 1 aromatic heterocycles. The third kappa shape index (κ3) is 3.48. The van der Waals surface area contributed by atoms with Gasteiger partial charge in [0.1, 0.15) is 5.75 Å². The maximum atomic E-state index is 9.91. The summed E-state index contributed by atoms with van der Waals surface area (Å²) in [6.45, 7) is 4.89. The number of nitrogens with zero attached hydrogens (tertiary/aromatic N) is 2. The normalized spacial score (nSPS) is 15.9. The quantitative estimate of drug-likeness (QED) is 0.914. The fourth-order valence-corrected chi connectivity index (χ4v) is 3.60. The average Bonchev–Trinajstić information content (AvgIpc) is 2.73. The van der Waals surface area contributed by atoms with Gasteiger partial charge in [0.2, 0.25) is 0 Å². The monoisotopic (exact) mass is 315 g/mol. The summed E-state index contributed by atoms with van der Waals surface area (Å²) >= 11 is 1.62. The maximum Gasteiger partial charge on any atom is 0.180 e. The highest BCUT2D eigenvalue weighted by Crippen LogP contribution is 2.24. The minimum atomic E-state index is 0.342. The third-order valence-corrected chi connectivity index (χ3v) is 4.95. The van der Waals surface area contributed by atoms with Gasteiger partial charge in [-0.25, -0.2) is 4.98 Å². The molecule has 0 saturated carbocycles. The van der Waals surface area contributed by atoms with E-state index >= 15 is 0 Å². The Balaban J connectivity index is 1.58. The number of hydrogen-bond acceptors (Lipinski definition) is 5. The largest absolute Gasteiger partial charge is 0.507 e. The minimum Gasteiger partial charge on any atom is -0.507 e. The highest BCUT2D eigenvalue weighted by Gasteiger charge is 2.16. The van der Waals surface area contributed by atoms with Crippen LogP contribution in [0.15, 0.2) is 24.3 Å². The Labute approximate surface area is 134 Å². The van der Waals surface area contributed by atoms with E-state index < -0.39 is 0 Å². The Bertz CT molecular complexity index is 668. The van der Waals surface area contributed by atoms with Crippen molar-refractivity contribution in [2.45, 2.75) is 19.8 Å². The van der Waals surface area contributed by atoms with Crippen LogP contribution in [-0.4, -0.2) is 34.6 Å². The molecule has 0 radical (unpaired) electrons. The third-order valence-electron chi connectivity index (χ3n) is 3.96. The van der Waals surface area contributed by atoms with Crippen LogP contribution in [0.25, 0.3) is 6.08 Å². The van der Waals surface area contributed by atoms with E-state index in [1.807, 2.05) is 25.1 Å². The van der Waals surface area contributed by atoms with Crippen LogP contribution >= 0.6 is 11.3 Å². The van der Waals surface area contributed by atoms with E-state index in [1.54, 1.807) is 17.4 Å². The van der Waals surface area contributed by atoms with Gasteiger partial charge in [-0.1, -0.05) is 24.3 Å². The lowest BCUT2D eigenvalue weighted by Gasteiger charge is -2.17. The van der Waals surface area contributed by atoms with Crippen molar-refractivity contribution >= 4 is 22.5 Å². The summed E-state index contributed by atoms with van der Waals surface area (Å²) in [6.07, 6.45) is 6.09. The number of benzene rings is 1. The molecule has 0 atom stereocenters. The Morgan fingerprint density at radius 3 is 3.00 bits per heavy atom. The van der Waals surface area contributed by atoms with Crippen LogP contribution in [0, 0.1) is 6.92 Å². The molecule has 0 fully saturated rings. The molecule has 1 aliphatic heterocycles. The first-order valence-corrected chi connectivity index (χ1v) is 8.36. The van der Waals surface area contributed by atoms with Gasteiger partial charge < -0.3 is 10.8 Å². The van der Waals surface area contributed by atoms with Crippen molar-refractivity contribution in [2.75, 3.05) is 25.4 Å². The lowest BCUT2D eigenvalue weighted by atomic mass is 10.1. The van der Waals surface area contributed by atoms with Crippen LogP contribution in [0.2, 0.25) is 0 Å². The van der Waals surface area contributed by atoms with Crippen molar-refractivity contribution in [3.05, 3.63) is 46.0 Å². The summed E-state index contributed by atoms with van der Waals surface area (Å²) < 4.78 is 0. The van der Waals surface area contributed by atoms with Gasteiger partial charge in [0.25, 0.3) is 0 Å². The van der Waals surface area contributed by atoms with Crippen molar-refractivity contribution in [1.29, 1.82) is 0 Å². The van der Waals surface area contributed by atoms with Crippen molar-refractivity contribution in [2.24, 2.45) is 0 Å². The Hall–Kier alpha value is -1.85. The van der Waals surface area contributed by atoms with Crippen LogP contribution in [0.1, 0.15) is 21.7 Å². The van der Waals surface area contributed by atoms with E-state index in [2.05, 4.69) is 16.0 Å². The summed E-state index contributed by atoms with van der Waals surface area (Å²) in [6, 6.07) is 5.76. The molecule has 4 nitrogen and oxygen atoms in total. The van der Waals surface area contributed by atoms with Crippen LogP contribution in [0.3, 0.4) is 0 Å². The molecule has 116 valence electrons. The lowest BCUT2D eigenvalue weighted by molar-refractivity contribution is 0.318. The molecule has 3 N–H and O–H groups in total. The molecule has 5 heteroatoms. The zero-order valence-corrected chi connectivity index (χ0v) is 13.6. The summed E-state index contributed by atoms with van der Waals surface area (Å²) in [7, 11) is 0. The van der Waals surface area contributed by atoms with Crippen molar-refractivity contribution in [1.82, 2.24) is 9.88 Å². The fourth-order valence-electron chi connectivity index (χ4n) is 2.74. The first-order valence-electron chi connectivity index (χ1n) is 7.54. The fraction of sp³-hybridized carbons (Fsp3) is 0.353. The van der Waals surface area contributed by atoms with E-state index in [4.69, 9.17) is 5.73 Å². The van der Waals surface area contributed by atoms with Gasteiger partial charge in [-0.15, -0.1) is 11.3 Å². The van der Waals surface area contributed by atoms with Crippen LogP contribution in [-0.2, 0) is 12.8 Å². The first kappa shape index (κ1) is 15.1. The number of nitrogens with two attached hydrogens (primary N) is 1. The predicted octanol–water partition coefficient (Wildman–Crippen LogP) is 2.85. The molecule has 0 saturated heterocycles. The molecule has 2 aromatic rings. The van der Waals surface area contributed by atoms with Crippen molar-refractivity contribution < 1.29 is 5.11 Å². The number of aryl methyl sites for hydroxylation is 1. The van der Waals surface area contributed by atoms with Gasteiger partial charge in [-0.05, 0) is 25.0 Å². The zero-order chi connectivity index (χ0) is 15.5. The standard InChI is InChI=1S/C17H21N3OS/c1-12-4-5-13(15(21)11-12)3-2-8-20-9-6-14-16(7-10-20)22-17(18)19-14/h2-5,11,21H,6-10H2,1H3,(H2,18,19)/b3-2+. The van der Waals surface area contributed by atoms with Gasteiger partial charge >= 0.3 is 0 Å². The topological polar surface area (TPSA) is 62.4 Å². The molecular formula is C17H21N3OS. The highest BCUT2D eigenvalue weighted by molar-refractivity contribution is 7.15. The molecule has 0 amide bonds. The minimum absolute atomic E-state index is 0.342. The van der Waals surface area contributed by atoms with Gasteiger partial charge in [-0.2, -0.15) is 0 Å².